The number of rotatable bonds is 5. The van der Waals surface area contributed by atoms with Gasteiger partial charge in [-0.2, -0.15) is 0 Å². The first kappa shape index (κ1) is 18.9. The zero-order chi connectivity index (χ0) is 19.9. The third kappa shape index (κ3) is 3.28. The van der Waals surface area contributed by atoms with Gasteiger partial charge in [0, 0.05) is 25.2 Å². The number of nitrogens with zero attached hydrogens (tertiary/aromatic N) is 4. The lowest BCUT2D eigenvalue weighted by atomic mass is 10.1. The van der Waals surface area contributed by atoms with Gasteiger partial charge < -0.3 is 0 Å². The van der Waals surface area contributed by atoms with E-state index in [1.807, 2.05) is 28.7 Å². The standard InChI is InChI=1S/C20H20N4O2S2/c1-14-11-19-21-22-20(24(19)18-10-5-4-9-17(14)18)27-13-15-7-6-8-16(12-15)28(25,26)23(2)3/h4-12H,13H2,1-3H3. The fraction of sp³-hybridized carbons (Fsp3) is 0.200. The number of hydrogen-bond acceptors (Lipinski definition) is 5. The highest BCUT2D eigenvalue weighted by Gasteiger charge is 2.17. The maximum atomic E-state index is 12.4. The molecule has 8 heteroatoms. The van der Waals surface area contributed by atoms with E-state index in [0.717, 1.165) is 32.8 Å². The van der Waals surface area contributed by atoms with Crippen molar-refractivity contribution in [1.82, 2.24) is 18.9 Å². The largest absolute Gasteiger partial charge is 0.270 e. The average Bonchev–Trinajstić information content (AvgIpc) is 3.09. The molecule has 6 nitrogen and oxygen atoms in total. The van der Waals surface area contributed by atoms with Crippen molar-refractivity contribution >= 4 is 38.3 Å². The molecule has 0 aliphatic heterocycles. The van der Waals surface area contributed by atoms with Gasteiger partial charge in [-0.05, 0) is 42.3 Å². The minimum absolute atomic E-state index is 0.294. The molecule has 2 heterocycles. The molecule has 4 aromatic rings. The summed E-state index contributed by atoms with van der Waals surface area (Å²) in [6.45, 7) is 2.07. The predicted octanol–water partition coefficient (Wildman–Crippen LogP) is 3.73. The highest BCUT2D eigenvalue weighted by atomic mass is 32.2. The van der Waals surface area contributed by atoms with Crippen LogP contribution in [0.1, 0.15) is 11.1 Å². The first-order chi connectivity index (χ1) is 13.4. The van der Waals surface area contributed by atoms with Crippen LogP contribution in [0.3, 0.4) is 0 Å². The highest BCUT2D eigenvalue weighted by molar-refractivity contribution is 7.98. The van der Waals surface area contributed by atoms with Gasteiger partial charge in [0.15, 0.2) is 10.8 Å². The summed E-state index contributed by atoms with van der Waals surface area (Å²) in [5.41, 5.74) is 3.95. The molecule has 0 spiro atoms. The fourth-order valence-corrected chi connectivity index (χ4v) is 4.99. The number of pyridine rings is 1. The van der Waals surface area contributed by atoms with Gasteiger partial charge in [0.05, 0.1) is 10.4 Å². The summed E-state index contributed by atoms with van der Waals surface area (Å²) in [6, 6.07) is 17.2. The van der Waals surface area contributed by atoms with Crippen molar-refractivity contribution < 1.29 is 8.42 Å². The van der Waals surface area contributed by atoms with Crippen LogP contribution in [-0.2, 0) is 15.8 Å². The number of sulfonamides is 1. The summed E-state index contributed by atoms with van der Waals surface area (Å²) in [6.07, 6.45) is 0. The Labute approximate surface area is 168 Å². The molecular formula is C20H20N4O2S2. The third-order valence-corrected chi connectivity index (χ3v) is 7.43. The monoisotopic (exact) mass is 412 g/mol. The van der Waals surface area contributed by atoms with E-state index >= 15 is 0 Å². The second-order valence-electron chi connectivity index (χ2n) is 6.74. The Morgan fingerprint density at radius 1 is 1.04 bits per heavy atom. The number of thioether (sulfide) groups is 1. The Morgan fingerprint density at radius 2 is 1.82 bits per heavy atom. The smallest absolute Gasteiger partial charge is 0.242 e. The zero-order valence-corrected chi connectivity index (χ0v) is 17.5. The molecule has 2 aromatic heterocycles. The van der Waals surface area contributed by atoms with Crippen molar-refractivity contribution in [2.45, 2.75) is 22.7 Å². The van der Waals surface area contributed by atoms with E-state index in [1.54, 1.807) is 18.2 Å². The maximum Gasteiger partial charge on any atom is 0.242 e. The minimum atomic E-state index is -3.45. The second-order valence-corrected chi connectivity index (χ2v) is 9.84. The van der Waals surface area contributed by atoms with Gasteiger partial charge in [0.1, 0.15) is 0 Å². The molecule has 0 aliphatic carbocycles. The van der Waals surface area contributed by atoms with Gasteiger partial charge in [-0.3, -0.25) is 4.40 Å². The van der Waals surface area contributed by atoms with E-state index in [1.165, 1.54) is 30.2 Å². The van der Waals surface area contributed by atoms with Crippen LogP contribution in [0.15, 0.2) is 64.6 Å². The molecule has 0 radical (unpaired) electrons. The van der Waals surface area contributed by atoms with Crippen LogP contribution >= 0.6 is 11.8 Å². The van der Waals surface area contributed by atoms with Crippen molar-refractivity contribution in [1.29, 1.82) is 0 Å². The van der Waals surface area contributed by atoms with Crippen molar-refractivity contribution in [3.05, 3.63) is 65.7 Å². The summed E-state index contributed by atoms with van der Waals surface area (Å²) in [5, 5.41) is 10.6. The number of aryl methyl sites for hydroxylation is 1. The van der Waals surface area contributed by atoms with Crippen molar-refractivity contribution in [2.24, 2.45) is 0 Å². The lowest BCUT2D eigenvalue weighted by molar-refractivity contribution is 0.520. The quantitative estimate of drug-likeness (QED) is 0.467. The molecular weight excluding hydrogens is 392 g/mol. The Bertz CT molecular complexity index is 1280. The molecule has 4 rings (SSSR count). The highest BCUT2D eigenvalue weighted by Crippen LogP contribution is 2.28. The van der Waals surface area contributed by atoms with Crippen LogP contribution < -0.4 is 0 Å². The summed E-state index contributed by atoms with van der Waals surface area (Å²) in [4.78, 5) is 0.294. The van der Waals surface area contributed by atoms with Crippen LogP contribution in [0.25, 0.3) is 16.6 Å². The van der Waals surface area contributed by atoms with Crippen LogP contribution in [0.4, 0.5) is 0 Å². The van der Waals surface area contributed by atoms with Gasteiger partial charge in [-0.15, -0.1) is 10.2 Å². The molecule has 0 N–H and O–H groups in total. The van der Waals surface area contributed by atoms with Gasteiger partial charge in [0.25, 0.3) is 0 Å². The normalized spacial score (nSPS) is 12.3. The zero-order valence-electron chi connectivity index (χ0n) is 15.8. The van der Waals surface area contributed by atoms with Gasteiger partial charge in [-0.1, -0.05) is 42.1 Å². The van der Waals surface area contributed by atoms with E-state index < -0.39 is 10.0 Å². The van der Waals surface area contributed by atoms with Crippen LogP contribution in [0.5, 0.6) is 0 Å². The average molecular weight is 413 g/mol. The van der Waals surface area contributed by atoms with Crippen molar-refractivity contribution in [2.75, 3.05) is 14.1 Å². The van der Waals surface area contributed by atoms with E-state index in [0.29, 0.717) is 10.6 Å². The van der Waals surface area contributed by atoms with Gasteiger partial charge >= 0.3 is 0 Å². The van der Waals surface area contributed by atoms with Crippen molar-refractivity contribution in [3.8, 4) is 0 Å². The van der Waals surface area contributed by atoms with Gasteiger partial charge in [-0.25, -0.2) is 12.7 Å². The number of para-hydroxylation sites is 1. The Morgan fingerprint density at radius 3 is 2.61 bits per heavy atom. The summed E-state index contributed by atoms with van der Waals surface area (Å²) in [5.74, 6) is 0.597. The fourth-order valence-electron chi connectivity index (χ4n) is 3.12. The Balaban J connectivity index is 1.68. The summed E-state index contributed by atoms with van der Waals surface area (Å²) < 4.78 is 28.0. The SMILES string of the molecule is Cc1cc2nnc(SCc3cccc(S(=O)(=O)N(C)C)c3)n2c2ccccc12. The first-order valence-corrected chi connectivity index (χ1v) is 11.2. The molecule has 0 unspecified atom stereocenters. The minimum Gasteiger partial charge on any atom is -0.270 e. The summed E-state index contributed by atoms with van der Waals surface area (Å²) in [7, 11) is -0.381. The molecule has 2 aromatic carbocycles. The second kappa shape index (κ2) is 7.20. The molecule has 0 saturated heterocycles. The molecule has 0 saturated carbocycles. The lowest BCUT2D eigenvalue weighted by Crippen LogP contribution is -2.22. The molecule has 28 heavy (non-hydrogen) atoms. The van der Waals surface area contributed by atoms with Crippen LogP contribution in [0, 0.1) is 6.92 Å². The number of benzene rings is 2. The maximum absolute atomic E-state index is 12.4. The topological polar surface area (TPSA) is 67.6 Å². The molecule has 0 bridgehead atoms. The van der Waals surface area contributed by atoms with Crippen LogP contribution in [-0.4, -0.2) is 41.4 Å². The van der Waals surface area contributed by atoms with E-state index in [9.17, 15) is 8.42 Å². The number of aromatic nitrogens is 3. The summed E-state index contributed by atoms with van der Waals surface area (Å²) >= 11 is 1.54. The Kier molecular flexibility index (Phi) is 4.86. The molecule has 0 aliphatic rings. The predicted molar refractivity (Wildman–Crippen MR) is 112 cm³/mol. The van der Waals surface area contributed by atoms with Crippen LogP contribution in [0.2, 0.25) is 0 Å². The molecule has 0 atom stereocenters. The molecule has 144 valence electrons. The van der Waals surface area contributed by atoms with Crippen molar-refractivity contribution in [3.63, 3.8) is 0 Å². The molecule has 0 fully saturated rings. The van der Waals surface area contributed by atoms with E-state index in [-0.39, 0.29) is 0 Å². The molecule has 0 amide bonds. The van der Waals surface area contributed by atoms with E-state index in [4.69, 9.17) is 0 Å². The first-order valence-electron chi connectivity index (χ1n) is 8.75. The number of hydrogen-bond donors (Lipinski definition) is 0. The Hall–Kier alpha value is -2.42. The lowest BCUT2D eigenvalue weighted by Gasteiger charge is -2.12. The number of fused-ring (bicyclic) bond motifs is 3. The third-order valence-electron chi connectivity index (χ3n) is 4.62. The van der Waals surface area contributed by atoms with Gasteiger partial charge in [0.2, 0.25) is 10.0 Å². The van der Waals surface area contributed by atoms with E-state index in [2.05, 4.69) is 29.3 Å².